The van der Waals surface area contributed by atoms with E-state index < -0.39 is 0 Å². The van der Waals surface area contributed by atoms with Gasteiger partial charge >= 0.3 is 0 Å². The highest BCUT2D eigenvalue weighted by Crippen LogP contribution is 2.20. The monoisotopic (exact) mass is 259 g/mol. The minimum absolute atomic E-state index is 0.972. The first kappa shape index (κ1) is 11.0. The van der Waals surface area contributed by atoms with Gasteiger partial charge in [0.25, 0.3) is 0 Å². The second kappa shape index (κ2) is 6.35. The molecule has 0 amide bonds. The Morgan fingerprint density at radius 3 is 3.08 bits per heavy atom. The molecule has 1 nitrogen and oxygen atoms in total. The van der Waals surface area contributed by atoms with E-state index >= 15 is 0 Å². The summed E-state index contributed by atoms with van der Waals surface area (Å²) < 4.78 is 1.21. The minimum atomic E-state index is 0.972. The maximum Gasteiger partial charge on any atom is 0.0701 e. The van der Waals surface area contributed by atoms with Crippen molar-refractivity contribution in [1.29, 1.82) is 0 Å². The lowest BCUT2D eigenvalue weighted by Crippen LogP contribution is -2.13. The third-order valence-corrected chi connectivity index (χ3v) is 3.23. The maximum atomic E-state index is 3.45. The van der Waals surface area contributed by atoms with E-state index in [0.29, 0.717) is 0 Å². The summed E-state index contributed by atoms with van der Waals surface area (Å²) in [5, 5.41) is 5.56. The van der Waals surface area contributed by atoms with Crippen LogP contribution in [0.3, 0.4) is 0 Å². The van der Waals surface area contributed by atoms with Crippen LogP contribution in [0.5, 0.6) is 0 Å². The fourth-order valence-electron chi connectivity index (χ4n) is 1.02. The highest BCUT2D eigenvalue weighted by Gasteiger charge is 1.95. The lowest BCUT2D eigenvalue weighted by atomic mass is 10.3. The molecule has 1 heterocycles. The van der Waals surface area contributed by atoms with Crippen molar-refractivity contribution >= 4 is 27.3 Å². The van der Waals surface area contributed by atoms with Crippen molar-refractivity contribution < 1.29 is 0 Å². The molecule has 13 heavy (non-hydrogen) atoms. The maximum absolute atomic E-state index is 3.45. The summed E-state index contributed by atoms with van der Waals surface area (Å²) in [7, 11) is 0. The Hall–Kier alpha value is -0.120. The van der Waals surface area contributed by atoms with Gasteiger partial charge in [-0.3, -0.25) is 0 Å². The normalized spacial score (nSPS) is 11.2. The summed E-state index contributed by atoms with van der Waals surface area (Å²) >= 11 is 5.18. The molecule has 1 aromatic heterocycles. The number of thiophene rings is 1. The van der Waals surface area contributed by atoms with Gasteiger partial charge in [-0.1, -0.05) is 12.2 Å². The van der Waals surface area contributed by atoms with Crippen LogP contribution in [-0.4, -0.2) is 6.54 Å². The van der Waals surface area contributed by atoms with Gasteiger partial charge in [-0.2, -0.15) is 0 Å². The third kappa shape index (κ3) is 4.60. The second-order valence-electron chi connectivity index (χ2n) is 2.79. The topological polar surface area (TPSA) is 12.0 Å². The van der Waals surface area contributed by atoms with Crippen LogP contribution >= 0.6 is 27.3 Å². The molecule has 0 saturated heterocycles. The van der Waals surface area contributed by atoms with Crippen molar-refractivity contribution in [2.24, 2.45) is 0 Å². The summed E-state index contributed by atoms with van der Waals surface area (Å²) in [6.07, 6.45) is 5.38. The lowest BCUT2D eigenvalue weighted by Gasteiger charge is -1.99. The fraction of sp³-hybridized carbons (Fsp3) is 0.400. The highest BCUT2D eigenvalue weighted by molar-refractivity contribution is 9.11. The van der Waals surface area contributed by atoms with Gasteiger partial charge in [0.05, 0.1) is 3.79 Å². The summed E-state index contributed by atoms with van der Waals surface area (Å²) in [6, 6.07) is 2.16. The van der Waals surface area contributed by atoms with Crippen LogP contribution in [0.2, 0.25) is 0 Å². The van der Waals surface area contributed by atoms with Crippen molar-refractivity contribution in [3.05, 3.63) is 32.9 Å². The largest absolute Gasteiger partial charge is 0.312 e. The number of allylic oxidation sites excluding steroid dienone is 1. The zero-order chi connectivity index (χ0) is 9.52. The Bertz CT molecular complexity index is 268. The standard InChI is InChI=1S/C10H14BrNS/c1-2-3-4-5-12-7-9-6-10(11)13-8-9/h2-3,6,8,12H,4-5,7H2,1H3/b3-2+. The second-order valence-corrected chi connectivity index (χ2v) is 5.08. The minimum Gasteiger partial charge on any atom is -0.312 e. The molecular weight excluding hydrogens is 246 g/mol. The van der Waals surface area contributed by atoms with Gasteiger partial charge in [0.1, 0.15) is 0 Å². The number of hydrogen-bond donors (Lipinski definition) is 1. The van der Waals surface area contributed by atoms with Crippen LogP contribution in [0.25, 0.3) is 0 Å². The molecule has 72 valence electrons. The predicted octanol–water partition coefficient (Wildman–Crippen LogP) is 3.57. The molecule has 0 aliphatic heterocycles. The van der Waals surface area contributed by atoms with Gasteiger partial charge in [0.15, 0.2) is 0 Å². The Morgan fingerprint density at radius 2 is 2.46 bits per heavy atom. The number of rotatable bonds is 5. The van der Waals surface area contributed by atoms with Gasteiger partial charge in [0.2, 0.25) is 0 Å². The van der Waals surface area contributed by atoms with E-state index in [0.717, 1.165) is 19.5 Å². The van der Waals surface area contributed by atoms with Crippen molar-refractivity contribution in [2.75, 3.05) is 6.54 Å². The number of halogens is 1. The molecule has 0 radical (unpaired) electrons. The average Bonchev–Trinajstić information content (AvgIpc) is 2.51. The van der Waals surface area contributed by atoms with Gasteiger partial charge in [0, 0.05) is 6.54 Å². The molecule has 0 bridgehead atoms. The SMILES string of the molecule is C/C=C/CCNCc1csc(Br)c1. The zero-order valence-electron chi connectivity index (χ0n) is 7.72. The van der Waals surface area contributed by atoms with Crippen LogP contribution in [-0.2, 0) is 6.54 Å². The Labute approximate surface area is 92.0 Å². The molecule has 1 N–H and O–H groups in total. The Kier molecular flexibility index (Phi) is 5.35. The summed E-state index contributed by atoms with van der Waals surface area (Å²) in [6.45, 7) is 4.08. The van der Waals surface area contributed by atoms with E-state index in [2.05, 4.69) is 51.8 Å². The molecule has 0 saturated carbocycles. The van der Waals surface area contributed by atoms with Crippen LogP contribution in [0.4, 0.5) is 0 Å². The average molecular weight is 260 g/mol. The van der Waals surface area contributed by atoms with E-state index in [1.165, 1.54) is 9.35 Å². The van der Waals surface area contributed by atoms with Crippen LogP contribution in [0.1, 0.15) is 18.9 Å². The molecule has 0 fully saturated rings. The van der Waals surface area contributed by atoms with E-state index in [-0.39, 0.29) is 0 Å². The molecular formula is C10H14BrNS. The van der Waals surface area contributed by atoms with Crippen molar-refractivity contribution in [1.82, 2.24) is 5.32 Å². The van der Waals surface area contributed by atoms with Gasteiger partial charge < -0.3 is 5.32 Å². The zero-order valence-corrected chi connectivity index (χ0v) is 10.1. The number of nitrogens with one attached hydrogen (secondary N) is 1. The lowest BCUT2D eigenvalue weighted by molar-refractivity contribution is 0.696. The molecule has 0 aromatic carbocycles. The molecule has 0 aliphatic rings. The third-order valence-electron chi connectivity index (χ3n) is 1.67. The van der Waals surface area contributed by atoms with E-state index in [1.54, 1.807) is 11.3 Å². The van der Waals surface area contributed by atoms with E-state index in [1.807, 2.05) is 0 Å². The quantitative estimate of drug-likeness (QED) is 0.630. The summed E-state index contributed by atoms with van der Waals surface area (Å²) in [5.74, 6) is 0. The first-order valence-electron chi connectivity index (χ1n) is 4.37. The van der Waals surface area contributed by atoms with Crippen molar-refractivity contribution in [3.63, 3.8) is 0 Å². The fourth-order valence-corrected chi connectivity index (χ4v) is 2.23. The van der Waals surface area contributed by atoms with Gasteiger partial charge in [-0.25, -0.2) is 0 Å². The van der Waals surface area contributed by atoms with Crippen LogP contribution < -0.4 is 5.32 Å². The highest BCUT2D eigenvalue weighted by atomic mass is 79.9. The van der Waals surface area contributed by atoms with E-state index in [4.69, 9.17) is 0 Å². The Balaban J connectivity index is 2.13. The molecule has 0 aliphatic carbocycles. The first-order chi connectivity index (χ1) is 6.33. The molecule has 1 rings (SSSR count). The van der Waals surface area contributed by atoms with E-state index in [9.17, 15) is 0 Å². The smallest absolute Gasteiger partial charge is 0.0701 e. The summed E-state index contributed by atoms with van der Waals surface area (Å²) in [4.78, 5) is 0. The molecule has 1 aromatic rings. The molecule has 0 spiro atoms. The van der Waals surface area contributed by atoms with Crippen molar-refractivity contribution in [2.45, 2.75) is 19.9 Å². The van der Waals surface area contributed by atoms with Crippen LogP contribution in [0, 0.1) is 0 Å². The molecule has 0 atom stereocenters. The predicted molar refractivity (Wildman–Crippen MR) is 63.2 cm³/mol. The molecule has 0 unspecified atom stereocenters. The van der Waals surface area contributed by atoms with Crippen molar-refractivity contribution in [3.8, 4) is 0 Å². The first-order valence-corrected chi connectivity index (χ1v) is 6.05. The number of hydrogen-bond acceptors (Lipinski definition) is 2. The molecule has 3 heteroatoms. The van der Waals surface area contributed by atoms with Gasteiger partial charge in [-0.05, 0) is 52.8 Å². The van der Waals surface area contributed by atoms with Crippen LogP contribution in [0.15, 0.2) is 27.4 Å². The summed E-state index contributed by atoms with van der Waals surface area (Å²) in [5.41, 5.74) is 1.36. The Morgan fingerprint density at radius 1 is 1.62 bits per heavy atom. The van der Waals surface area contributed by atoms with Gasteiger partial charge in [-0.15, -0.1) is 11.3 Å².